The molecule has 1 aromatic rings. The lowest BCUT2D eigenvalue weighted by molar-refractivity contribution is -0.118. The van der Waals surface area contributed by atoms with Crippen LogP contribution in [0.3, 0.4) is 0 Å². The molecule has 0 N–H and O–H groups in total. The lowest BCUT2D eigenvalue weighted by Crippen LogP contribution is -2.48. The van der Waals surface area contributed by atoms with Crippen LogP contribution in [0.15, 0.2) is 29.2 Å². The molecule has 6 heteroatoms. The standard InChI is InChI=1S/C13H15NO3S2/c1-2-13(15)14-9-5-3-4-6-11(9)18-12-8-19(16,17)7-10(12)14/h3-6,10,12H,2,7-8H2,1H3/t10-,12-/m1/s1. The van der Waals surface area contributed by atoms with E-state index in [2.05, 4.69) is 0 Å². The van der Waals surface area contributed by atoms with Crippen molar-refractivity contribution < 1.29 is 13.2 Å². The van der Waals surface area contributed by atoms with Crippen molar-refractivity contribution in [3.63, 3.8) is 0 Å². The monoisotopic (exact) mass is 297 g/mol. The van der Waals surface area contributed by atoms with Gasteiger partial charge in [-0.1, -0.05) is 19.1 Å². The number of benzene rings is 1. The Morgan fingerprint density at radius 2 is 2.11 bits per heavy atom. The lowest BCUT2D eigenvalue weighted by atomic mass is 10.1. The van der Waals surface area contributed by atoms with Gasteiger partial charge in [0.15, 0.2) is 9.84 Å². The maximum absolute atomic E-state index is 12.2. The number of amides is 1. The Morgan fingerprint density at radius 3 is 2.84 bits per heavy atom. The minimum absolute atomic E-state index is 0.000139. The molecule has 0 bridgehead atoms. The van der Waals surface area contributed by atoms with Crippen LogP contribution in [-0.2, 0) is 14.6 Å². The summed E-state index contributed by atoms with van der Waals surface area (Å²) in [4.78, 5) is 14.9. The summed E-state index contributed by atoms with van der Waals surface area (Å²) in [5.41, 5.74) is 0.859. The minimum atomic E-state index is -3.04. The highest BCUT2D eigenvalue weighted by atomic mass is 32.2. The predicted molar refractivity (Wildman–Crippen MR) is 76.3 cm³/mol. The molecule has 1 saturated heterocycles. The Bertz CT molecular complexity index is 627. The van der Waals surface area contributed by atoms with Gasteiger partial charge in [0.1, 0.15) is 0 Å². The summed E-state index contributed by atoms with van der Waals surface area (Å²) < 4.78 is 23.7. The van der Waals surface area contributed by atoms with E-state index in [0.717, 1.165) is 10.6 Å². The van der Waals surface area contributed by atoms with E-state index in [-0.39, 0.29) is 28.7 Å². The van der Waals surface area contributed by atoms with Crippen molar-refractivity contribution in [1.29, 1.82) is 0 Å². The molecule has 1 fully saturated rings. The molecule has 2 aliphatic heterocycles. The Morgan fingerprint density at radius 1 is 1.37 bits per heavy atom. The van der Waals surface area contributed by atoms with Gasteiger partial charge in [0, 0.05) is 16.6 Å². The molecule has 0 aliphatic carbocycles. The van der Waals surface area contributed by atoms with Crippen molar-refractivity contribution in [3.8, 4) is 0 Å². The van der Waals surface area contributed by atoms with Gasteiger partial charge in [0.25, 0.3) is 0 Å². The molecule has 1 aromatic carbocycles. The van der Waals surface area contributed by atoms with Gasteiger partial charge in [-0.3, -0.25) is 4.79 Å². The highest BCUT2D eigenvalue weighted by Crippen LogP contribution is 2.45. The lowest BCUT2D eigenvalue weighted by Gasteiger charge is -2.37. The molecule has 2 heterocycles. The number of rotatable bonds is 1. The van der Waals surface area contributed by atoms with Crippen molar-refractivity contribution in [3.05, 3.63) is 24.3 Å². The first-order valence-corrected chi connectivity index (χ1v) is 9.00. The van der Waals surface area contributed by atoms with E-state index in [9.17, 15) is 13.2 Å². The Hall–Kier alpha value is -1.01. The van der Waals surface area contributed by atoms with Crippen LogP contribution in [0.1, 0.15) is 13.3 Å². The van der Waals surface area contributed by atoms with Gasteiger partial charge in [-0.25, -0.2) is 8.42 Å². The Kier molecular flexibility index (Phi) is 3.09. The van der Waals surface area contributed by atoms with Crippen LogP contribution in [0.5, 0.6) is 0 Å². The topological polar surface area (TPSA) is 54.5 Å². The molecule has 102 valence electrons. The SMILES string of the molecule is CCC(=O)N1c2ccccc2S[C@@H]2CS(=O)(=O)C[C@H]21. The fourth-order valence-corrected chi connectivity index (χ4v) is 6.66. The Balaban J connectivity index is 2.09. The van der Waals surface area contributed by atoms with Gasteiger partial charge < -0.3 is 4.90 Å². The van der Waals surface area contributed by atoms with Gasteiger partial charge in [-0.15, -0.1) is 11.8 Å². The maximum Gasteiger partial charge on any atom is 0.227 e. The number of hydrogen-bond acceptors (Lipinski definition) is 4. The molecule has 1 amide bonds. The van der Waals surface area contributed by atoms with E-state index in [1.165, 1.54) is 0 Å². The van der Waals surface area contributed by atoms with E-state index in [1.54, 1.807) is 16.7 Å². The third kappa shape index (κ3) is 2.17. The minimum Gasteiger partial charge on any atom is -0.306 e. The number of sulfone groups is 1. The van der Waals surface area contributed by atoms with Crippen LogP contribution in [0.25, 0.3) is 0 Å². The van der Waals surface area contributed by atoms with E-state index < -0.39 is 9.84 Å². The van der Waals surface area contributed by atoms with Crippen molar-refractivity contribution in [2.24, 2.45) is 0 Å². The average molecular weight is 297 g/mol. The first-order valence-electron chi connectivity index (χ1n) is 6.30. The zero-order valence-corrected chi connectivity index (χ0v) is 12.2. The number of carbonyl (C=O) groups excluding carboxylic acids is 1. The second kappa shape index (κ2) is 4.52. The van der Waals surface area contributed by atoms with Gasteiger partial charge in [-0.05, 0) is 12.1 Å². The number of anilines is 1. The number of fused-ring (bicyclic) bond motifs is 2. The molecule has 2 aliphatic rings. The normalized spacial score (nSPS) is 27.7. The first kappa shape index (κ1) is 13.0. The van der Waals surface area contributed by atoms with Crippen LogP contribution in [-0.4, -0.2) is 37.1 Å². The first-order chi connectivity index (χ1) is 9.02. The summed E-state index contributed by atoms with van der Waals surface area (Å²) in [6.45, 7) is 1.81. The predicted octanol–water partition coefficient (Wildman–Crippen LogP) is 1.70. The van der Waals surface area contributed by atoms with E-state index in [1.807, 2.05) is 31.2 Å². The molecule has 0 aromatic heterocycles. The zero-order chi connectivity index (χ0) is 13.6. The molecule has 3 rings (SSSR count). The Labute approximate surface area is 117 Å². The highest BCUT2D eigenvalue weighted by molar-refractivity contribution is 8.02. The van der Waals surface area contributed by atoms with E-state index in [0.29, 0.717) is 6.42 Å². The van der Waals surface area contributed by atoms with Crippen LogP contribution < -0.4 is 4.90 Å². The zero-order valence-electron chi connectivity index (χ0n) is 10.6. The third-order valence-electron chi connectivity index (χ3n) is 3.58. The van der Waals surface area contributed by atoms with Crippen molar-refractivity contribution >= 4 is 33.2 Å². The molecular formula is C13H15NO3S2. The molecular weight excluding hydrogens is 282 g/mol. The summed E-state index contributed by atoms with van der Waals surface area (Å²) in [6, 6.07) is 7.45. The third-order valence-corrected chi connectivity index (χ3v) is 6.89. The van der Waals surface area contributed by atoms with Gasteiger partial charge in [0.05, 0.1) is 23.2 Å². The van der Waals surface area contributed by atoms with Crippen LogP contribution in [0.4, 0.5) is 5.69 Å². The average Bonchev–Trinajstić information content (AvgIpc) is 2.68. The van der Waals surface area contributed by atoms with E-state index in [4.69, 9.17) is 0 Å². The maximum atomic E-state index is 12.2. The molecule has 4 nitrogen and oxygen atoms in total. The summed E-state index contributed by atoms with van der Waals surface area (Å²) >= 11 is 1.59. The van der Waals surface area contributed by atoms with Crippen molar-refractivity contribution in [1.82, 2.24) is 0 Å². The van der Waals surface area contributed by atoms with Gasteiger partial charge in [0.2, 0.25) is 5.91 Å². The van der Waals surface area contributed by atoms with Crippen LogP contribution in [0.2, 0.25) is 0 Å². The number of para-hydroxylation sites is 1. The fraction of sp³-hybridized carbons (Fsp3) is 0.462. The van der Waals surface area contributed by atoms with Gasteiger partial charge in [-0.2, -0.15) is 0 Å². The molecule has 0 radical (unpaired) electrons. The number of hydrogen-bond donors (Lipinski definition) is 0. The second-order valence-electron chi connectivity index (χ2n) is 4.89. The summed E-state index contributed by atoms with van der Waals surface area (Å²) in [6.07, 6.45) is 0.391. The quantitative estimate of drug-likeness (QED) is 0.792. The fourth-order valence-electron chi connectivity index (χ4n) is 2.74. The number of nitrogens with zero attached hydrogens (tertiary/aromatic N) is 1. The number of thioether (sulfide) groups is 1. The smallest absolute Gasteiger partial charge is 0.227 e. The molecule has 19 heavy (non-hydrogen) atoms. The molecule has 0 spiro atoms. The van der Waals surface area contributed by atoms with E-state index >= 15 is 0 Å². The summed E-state index contributed by atoms with van der Waals surface area (Å²) in [7, 11) is -3.04. The summed E-state index contributed by atoms with van der Waals surface area (Å²) in [5, 5.41) is -0.0320. The van der Waals surface area contributed by atoms with Crippen molar-refractivity contribution in [2.45, 2.75) is 29.5 Å². The van der Waals surface area contributed by atoms with Gasteiger partial charge >= 0.3 is 0 Å². The number of carbonyl (C=O) groups is 1. The second-order valence-corrected chi connectivity index (χ2v) is 8.32. The highest BCUT2D eigenvalue weighted by Gasteiger charge is 2.46. The molecule has 0 saturated carbocycles. The van der Waals surface area contributed by atoms with Crippen LogP contribution in [0, 0.1) is 0 Å². The molecule has 0 unspecified atom stereocenters. The summed E-state index contributed by atoms with van der Waals surface area (Å²) in [5.74, 6) is 0.259. The largest absolute Gasteiger partial charge is 0.306 e. The van der Waals surface area contributed by atoms with Crippen LogP contribution >= 0.6 is 11.8 Å². The van der Waals surface area contributed by atoms with Crippen molar-refractivity contribution in [2.75, 3.05) is 16.4 Å². The molecule has 2 atom stereocenters.